The molecule has 2 aromatic rings. The van der Waals surface area contributed by atoms with Crippen LogP contribution in [0.4, 0.5) is 4.79 Å². The Labute approximate surface area is 113 Å². The highest BCUT2D eigenvalue weighted by Gasteiger charge is 2.09. The Kier molecular flexibility index (Phi) is 3.96. The van der Waals surface area contributed by atoms with Gasteiger partial charge < -0.3 is 5.32 Å². The minimum atomic E-state index is -0.450. The van der Waals surface area contributed by atoms with Crippen molar-refractivity contribution in [2.75, 3.05) is 6.54 Å². The summed E-state index contributed by atoms with van der Waals surface area (Å²) in [6, 6.07) is 8.66. The normalized spacial score (nSPS) is 11.6. The lowest BCUT2D eigenvalue weighted by molar-refractivity contribution is 0.249. The van der Waals surface area contributed by atoms with E-state index >= 15 is 0 Å². The van der Waals surface area contributed by atoms with E-state index in [4.69, 9.17) is 0 Å². The number of para-hydroxylation sites is 1. The highest BCUT2D eigenvalue weighted by atomic mass is 32.1. The van der Waals surface area contributed by atoms with E-state index in [0.29, 0.717) is 17.0 Å². The van der Waals surface area contributed by atoms with Crippen molar-refractivity contribution in [1.29, 1.82) is 0 Å². The van der Waals surface area contributed by atoms with Gasteiger partial charge in [-0.25, -0.2) is 18.1 Å². The van der Waals surface area contributed by atoms with Crippen molar-refractivity contribution in [2.45, 2.75) is 6.92 Å². The molecule has 19 heavy (non-hydrogen) atoms. The lowest BCUT2D eigenvalue weighted by atomic mass is 10.3. The topological polar surface area (TPSA) is 68.4 Å². The summed E-state index contributed by atoms with van der Waals surface area (Å²) in [6.45, 7) is 2.31. The van der Waals surface area contributed by atoms with Crippen molar-refractivity contribution in [3.05, 3.63) is 45.6 Å². The van der Waals surface area contributed by atoms with Gasteiger partial charge in [-0.1, -0.05) is 18.2 Å². The zero-order valence-electron chi connectivity index (χ0n) is 10.7. The van der Waals surface area contributed by atoms with Crippen LogP contribution in [0.15, 0.2) is 40.1 Å². The molecule has 0 unspecified atom stereocenters. The first-order chi connectivity index (χ1) is 9.13. The number of rotatable bonds is 2. The Bertz CT molecular complexity index is 697. The Hall–Kier alpha value is -2.15. The summed E-state index contributed by atoms with van der Waals surface area (Å²) in [7, 11) is 1.64. The highest BCUT2D eigenvalue weighted by molar-refractivity contribution is 7.03. The summed E-state index contributed by atoms with van der Waals surface area (Å²) in [5.41, 5.74) is 0.464. The van der Waals surface area contributed by atoms with Crippen molar-refractivity contribution in [2.24, 2.45) is 12.0 Å². The van der Waals surface area contributed by atoms with Crippen LogP contribution in [-0.2, 0) is 7.05 Å². The molecule has 0 radical (unpaired) electrons. The van der Waals surface area contributed by atoms with E-state index in [2.05, 4.69) is 10.3 Å². The van der Waals surface area contributed by atoms with Crippen LogP contribution in [0.3, 0.4) is 0 Å². The van der Waals surface area contributed by atoms with Gasteiger partial charge in [-0.2, -0.15) is 4.99 Å². The van der Waals surface area contributed by atoms with E-state index in [9.17, 15) is 9.59 Å². The van der Waals surface area contributed by atoms with Gasteiger partial charge in [0.2, 0.25) is 4.80 Å². The van der Waals surface area contributed by atoms with Crippen LogP contribution in [-0.4, -0.2) is 21.1 Å². The summed E-state index contributed by atoms with van der Waals surface area (Å²) in [6.07, 6.45) is 0. The summed E-state index contributed by atoms with van der Waals surface area (Å²) in [4.78, 5) is 27.9. The fraction of sp³-hybridized carbons (Fsp3) is 0.250. The Balaban J connectivity index is 2.61. The first-order valence-corrected chi connectivity index (χ1v) is 6.58. The average molecular weight is 278 g/mol. The maximum absolute atomic E-state index is 12.1. The van der Waals surface area contributed by atoms with Gasteiger partial charge in [-0.05, 0) is 30.6 Å². The second-order valence-electron chi connectivity index (χ2n) is 3.77. The largest absolute Gasteiger partial charge is 0.344 e. The van der Waals surface area contributed by atoms with E-state index < -0.39 is 6.03 Å². The van der Waals surface area contributed by atoms with Gasteiger partial charge >= 0.3 is 11.7 Å². The average Bonchev–Trinajstić information content (AvgIpc) is 2.66. The molecule has 2 amide bonds. The van der Waals surface area contributed by atoms with Crippen molar-refractivity contribution in [1.82, 2.24) is 13.8 Å². The van der Waals surface area contributed by atoms with Crippen LogP contribution >= 0.6 is 11.5 Å². The number of amides is 2. The molecule has 0 spiro atoms. The third-order valence-corrected chi connectivity index (χ3v) is 3.28. The molecule has 7 heteroatoms. The van der Waals surface area contributed by atoms with Gasteiger partial charge in [-0.3, -0.25) is 0 Å². The number of hydrogen-bond acceptors (Lipinski definition) is 3. The molecular formula is C12H14N4O2S. The van der Waals surface area contributed by atoms with Crippen molar-refractivity contribution >= 4 is 17.6 Å². The van der Waals surface area contributed by atoms with Gasteiger partial charge in [0.05, 0.1) is 5.69 Å². The zero-order chi connectivity index (χ0) is 13.8. The Morgan fingerprint density at radius 2 is 2.05 bits per heavy atom. The van der Waals surface area contributed by atoms with E-state index in [1.165, 1.54) is 8.52 Å². The minimum Gasteiger partial charge on any atom is -0.336 e. The van der Waals surface area contributed by atoms with Gasteiger partial charge in [0.25, 0.3) is 0 Å². The van der Waals surface area contributed by atoms with Gasteiger partial charge in [0, 0.05) is 13.6 Å². The molecule has 2 rings (SSSR count). The number of benzene rings is 1. The number of aryl methyl sites for hydroxylation is 1. The molecule has 0 saturated carbocycles. The molecule has 0 atom stereocenters. The third kappa shape index (κ3) is 2.82. The molecule has 0 fully saturated rings. The van der Waals surface area contributed by atoms with Gasteiger partial charge in [0.15, 0.2) is 0 Å². The molecule has 0 aliphatic carbocycles. The number of nitrogens with one attached hydrogen (secondary N) is 1. The molecule has 1 aromatic carbocycles. The van der Waals surface area contributed by atoms with Gasteiger partial charge in [-0.15, -0.1) is 0 Å². The van der Waals surface area contributed by atoms with Crippen LogP contribution < -0.4 is 15.8 Å². The predicted octanol–water partition coefficient (Wildman–Crippen LogP) is 0.868. The fourth-order valence-electron chi connectivity index (χ4n) is 1.57. The van der Waals surface area contributed by atoms with E-state index in [0.717, 1.165) is 11.5 Å². The fourth-order valence-corrected chi connectivity index (χ4v) is 2.36. The number of carbonyl (C=O) groups is 1. The van der Waals surface area contributed by atoms with Crippen LogP contribution in [0, 0.1) is 0 Å². The number of aromatic nitrogens is 2. The second kappa shape index (κ2) is 5.66. The molecule has 1 aromatic heterocycles. The molecule has 0 aliphatic heterocycles. The maximum Gasteiger partial charge on any atom is 0.344 e. The molecule has 0 bridgehead atoms. The standard InChI is InChI=1S/C12H14N4O2S/c1-3-13-10(17)14-11-16(12(18)15(2)19-11)9-7-5-4-6-8-9/h4-8H,3H2,1-2H3,(H,13,17)/b14-11-. The summed E-state index contributed by atoms with van der Waals surface area (Å²) >= 11 is 1.13. The number of nitrogens with zero attached hydrogens (tertiary/aromatic N) is 3. The summed E-state index contributed by atoms with van der Waals surface area (Å²) in [5, 5.41) is 2.58. The van der Waals surface area contributed by atoms with Crippen LogP contribution in [0.5, 0.6) is 0 Å². The number of hydrogen-bond donors (Lipinski definition) is 1. The Morgan fingerprint density at radius 3 is 2.68 bits per heavy atom. The zero-order valence-corrected chi connectivity index (χ0v) is 11.5. The Morgan fingerprint density at radius 1 is 1.37 bits per heavy atom. The second-order valence-corrected chi connectivity index (χ2v) is 4.87. The molecule has 100 valence electrons. The molecule has 6 nitrogen and oxygen atoms in total. The van der Waals surface area contributed by atoms with Crippen LogP contribution in [0.25, 0.3) is 5.69 Å². The van der Waals surface area contributed by atoms with E-state index in [-0.39, 0.29) is 5.69 Å². The lowest BCUT2D eigenvalue weighted by Crippen LogP contribution is -2.29. The van der Waals surface area contributed by atoms with Gasteiger partial charge in [0.1, 0.15) is 0 Å². The number of urea groups is 1. The van der Waals surface area contributed by atoms with Crippen molar-refractivity contribution in [3.8, 4) is 5.69 Å². The predicted molar refractivity (Wildman–Crippen MR) is 73.5 cm³/mol. The first kappa shape index (κ1) is 13.3. The van der Waals surface area contributed by atoms with Crippen molar-refractivity contribution in [3.63, 3.8) is 0 Å². The van der Waals surface area contributed by atoms with Crippen LogP contribution in [0.2, 0.25) is 0 Å². The SMILES string of the molecule is CCNC(=O)/N=c1\sn(C)c(=O)n1-c1ccccc1. The smallest absolute Gasteiger partial charge is 0.336 e. The third-order valence-electron chi connectivity index (χ3n) is 2.41. The van der Waals surface area contributed by atoms with Crippen LogP contribution in [0.1, 0.15) is 6.92 Å². The summed E-state index contributed by atoms with van der Waals surface area (Å²) in [5.74, 6) is 0. The molecular weight excluding hydrogens is 264 g/mol. The van der Waals surface area contributed by atoms with E-state index in [1.807, 2.05) is 25.1 Å². The number of carbonyl (C=O) groups excluding carboxylic acids is 1. The highest BCUT2D eigenvalue weighted by Crippen LogP contribution is 2.01. The monoisotopic (exact) mass is 278 g/mol. The molecule has 0 saturated heterocycles. The minimum absolute atomic E-state index is 0.223. The quantitative estimate of drug-likeness (QED) is 0.885. The maximum atomic E-state index is 12.1. The first-order valence-electron chi connectivity index (χ1n) is 5.81. The molecule has 1 heterocycles. The molecule has 1 N–H and O–H groups in total. The summed E-state index contributed by atoms with van der Waals surface area (Å²) < 4.78 is 2.85. The van der Waals surface area contributed by atoms with Crippen molar-refractivity contribution < 1.29 is 4.79 Å². The molecule has 0 aliphatic rings. The lowest BCUT2D eigenvalue weighted by Gasteiger charge is -1.99. The van der Waals surface area contributed by atoms with E-state index in [1.54, 1.807) is 19.2 Å².